The zero-order chi connectivity index (χ0) is 14.7. The molecule has 0 saturated heterocycles. The molecule has 106 valence electrons. The van der Waals surface area contributed by atoms with Crippen molar-refractivity contribution in [1.29, 1.82) is 0 Å². The van der Waals surface area contributed by atoms with Gasteiger partial charge >= 0.3 is 0 Å². The molecule has 0 amide bonds. The van der Waals surface area contributed by atoms with Crippen LogP contribution in [0.3, 0.4) is 0 Å². The van der Waals surface area contributed by atoms with Crippen molar-refractivity contribution in [2.45, 2.75) is 19.5 Å². The maximum Gasteiger partial charge on any atom is 0.0659 e. The molecule has 2 heterocycles. The minimum absolute atomic E-state index is 0.0168. The summed E-state index contributed by atoms with van der Waals surface area (Å²) in [6.07, 6.45) is 7.55. The summed E-state index contributed by atoms with van der Waals surface area (Å²) in [4.78, 5) is 4.26. The van der Waals surface area contributed by atoms with Crippen LogP contribution in [0.5, 0.6) is 0 Å². The molecule has 0 spiro atoms. The van der Waals surface area contributed by atoms with E-state index in [9.17, 15) is 0 Å². The predicted octanol–water partition coefficient (Wildman–Crippen LogP) is 3.01. The van der Waals surface area contributed by atoms with Gasteiger partial charge in [-0.2, -0.15) is 5.10 Å². The smallest absolute Gasteiger partial charge is 0.0659 e. The Bertz CT molecular complexity index is 716. The molecule has 2 N–H and O–H groups in total. The molecular weight excluding hydrogens is 260 g/mol. The summed E-state index contributed by atoms with van der Waals surface area (Å²) in [5.41, 5.74) is 10.3. The molecule has 0 fully saturated rings. The number of rotatable bonds is 4. The third-order valence-corrected chi connectivity index (χ3v) is 3.44. The summed E-state index contributed by atoms with van der Waals surface area (Å²) in [6, 6.07) is 12.3. The van der Waals surface area contributed by atoms with Gasteiger partial charge in [0.25, 0.3) is 0 Å². The Kier molecular flexibility index (Phi) is 3.79. The van der Waals surface area contributed by atoms with Crippen LogP contribution >= 0.6 is 0 Å². The molecule has 0 radical (unpaired) electrons. The average molecular weight is 278 g/mol. The Labute approximate surface area is 124 Å². The van der Waals surface area contributed by atoms with Crippen LogP contribution in [-0.4, -0.2) is 14.8 Å². The highest BCUT2D eigenvalue weighted by atomic mass is 15.3. The van der Waals surface area contributed by atoms with Crippen LogP contribution in [0.1, 0.15) is 24.1 Å². The van der Waals surface area contributed by atoms with Crippen molar-refractivity contribution in [2.24, 2.45) is 5.73 Å². The highest BCUT2D eigenvalue weighted by Crippen LogP contribution is 2.21. The summed E-state index contributed by atoms with van der Waals surface area (Å²) in [5, 5.41) is 4.42. The van der Waals surface area contributed by atoms with E-state index in [0.717, 1.165) is 23.2 Å². The molecule has 0 aliphatic heterocycles. The number of aromatic nitrogens is 3. The van der Waals surface area contributed by atoms with Crippen LogP contribution in [-0.2, 0) is 6.54 Å². The highest BCUT2D eigenvalue weighted by Gasteiger charge is 2.06. The quantitative estimate of drug-likeness (QED) is 0.798. The number of hydrogen-bond acceptors (Lipinski definition) is 3. The monoisotopic (exact) mass is 278 g/mol. The SMILES string of the molecule is CC(N)c1cncc(-c2cnn(Cc3ccccc3)c2)c1. The molecule has 1 atom stereocenters. The number of nitrogens with two attached hydrogens (primary N) is 1. The number of nitrogens with zero attached hydrogens (tertiary/aromatic N) is 3. The van der Waals surface area contributed by atoms with Gasteiger partial charge in [0.05, 0.1) is 12.7 Å². The van der Waals surface area contributed by atoms with E-state index in [-0.39, 0.29) is 6.04 Å². The van der Waals surface area contributed by atoms with Crippen molar-refractivity contribution >= 4 is 0 Å². The average Bonchev–Trinajstić information content (AvgIpc) is 2.97. The molecule has 0 aliphatic carbocycles. The molecule has 4 nitrogen and oxygen atoms in total. The lowest BCUT2D eigenvalue weighted by Gasteiger charge is -2.06. The van der Waals surface area contributed by atoms with Gasteiger partial charge < -0.3 is 5.73 Å². The van der Waals surface area contributed by atoms with Crippen LogP contribution in [0.2, 0.25) is 0 Å². The second kappa shape index (κ2) is 5.89. The van der Waals surface area contributed by atoms with Crippen molar-refractivity contribution in [3.05, 3.63) is 72.3 Å². The number of benzene rings is 1. The van der Waals surface area contributed by atoms with Crippen LogP contribution < -0.4 is 5.73 Å². The van der Waals surface area contributed by atoms with E-state index < -0.39 is 0 Å². The first-order valence-electron chi connectivity index (χ1n) is 6.99. The van der Waals surface area contributed by atoms with E-state index in [0.29, 0.717) is 0 Å². The van der Waals surface area contributed by atoms with Crippen LogP contribution in [0.4, 0.5) is 0 Å². The Balaban J connectivity index is 1.83. The zero-order valence-electron chi connectivity index (χ0n) is 12.0. The van der Waals surface area contributed by atoms with Crippen molar-refractivity contribution in [3.63, 3.8) is 0 Å². The van der Waals surface area contributed by atoms with E-state index >= 15 is 0 Å². The number of pyridine rings is 1. The third kappa shape index (κ3) is 3.17. The summed E-state index contributed by atoms with van der Waals surface area (Å²) in [6.45, 7) is 2.72. The lowest BCUT2D eigenvalue weighted by atomic mass is 10.1. The van der Waals surface area contributed by atoms with E-state index in [2.05, 4.69) is 28.3 Å². The van der Waals surface area contributed by atoms with Gasteiger partial charge in [-0.1, -0.05) is 30.3 Å². The maximum absolute atomic E-state index is 5.91. The molecule has 0 aliphatic rings. The molecule has 2 aromatic heterocycles. The molecule has 1 aromatic carbocycles. The summed E-state index contributed by atoms with van der Waals surface area (Å²) in [7, 11) is 0. The third-order valence-electron chi connectivity index (χ3n) is 3.44. The lowest BCUT2D eigenvalue weighted by molar-refractivity contribution is 0.687. The van der Waals surface area contributed by atoms with E-state index in [1.807, 2.05) is 54.6 Å². The van der Waals surface area contributed by atoms with Gasteiger partial charge in [0.1, 0.15) is 0 Å². The largest absolute Gasteiger partial charge is 0.324 e. The van der Waals surface area contributed by atoms with Crippen LogP contribution in [0.25, 0.3) is 11.1 Å². The minimum atomic E-state index is -0.0168. The van der Waals surface area contributed by atoms with Gasteiger partial charge in [-0.25, -0.2) is 0 Å². The standard InChI is InChI=1S/C17H18N4/c1-13(18)15-7-16(9-19-8-15)17-10-20-21(12-17)11-14-5-3-2-4-6-14/h2-10,12-13H,11,18H2,1H3. The molecule has 21 heavy (non-hydrogen) atoms. The van der Waals surface area contributed by atoms with E-state index in [4.69, 9.17) is 5.73 Å². The minimum Gasteiger partial charge on any atom is -0.324 e. The first kappa shape index (κ1) is 13.5. The molecule has 0 bridgehead atoms. The molecular formula is C17H18N4. The second-order valence-electron chi connectivity index (χ2n) is 5.21. The zero-order valence-corrected chi connectivity index (χ0v) is 12.0. The van der Waals surface area contributed by atoms with Gasteiger partial charge in [-0.15, -0.1) is 0 Å². The van der Waals surface area contributed by atoms with Crippen molar-refractivity contribution in [1.82, 2.24) is 14.8 Å². The Hall–Kier alpha value is -2.46. The summed E-state index contributed by atoms with van der Waals surface area (Å²) < 4.78 is 1.93. The first-order chi connectivity index (χ1) is 10.2. The Morgan fingerprint density at radius 3 is 2.67 bits per heavy atom. The topological polar surface area (TPSA) is 56.7 Å². The Morgan fingerprint density at radius 1 is 1.10 bits per heavy atom. The summed E-state index contributed by atoms with van der Waals surface area (Å²) in [5.74, 6) is 0. The highest BCUT2D eigenvalue weighted by molar-refractivity contribution is 5.61. The van der Waals surface area contributed by atoms with E-state index in [1.165, 1.54) is 5.56 Å². The normalized spacial score (nSPS) is 12.3. The second-order valence-corrected chi connectivity index (χ2v) is 5.21. The predicted molar refractivity (Wildman–Crippen MR) is 83.6 cm³/mol. The van der Waals surface area contributed by atoms with Crippen LogP contribution in [0, 0.1) is 0 Å². The van der Waals surface area contributed by atoms with Crippen molar-refractivity contribution < 1.29 is 0 Å². The number of hydrogen-bond donors (Lipinski definition) is 1. The fraction of sp³-hybridized carbons (Fsp3) is 0.176. The molecule has 0 saturated carbocycles. The molecule has 4 heteroatoms. The van der Waals surface area contributed by atoms with Gasteiger partial charge in [0.2, 0.25) is 0 Å². The maximum atomic E-state index is 5.91. The van der Waals surface area contributed by atoms with Crippen molar-refractivity contribution in [3.8, 4) is 11.1 Å². The molecule has 1 unspecified atom stereocenters. The van der Waals surface area contributed by atoms with Gasteiger partial charge in [0, 0.05) is 35.8 Å². The van der Waals surface area contributed by atoms with E-state index in [1.54, 1.807) is 0 Å². The molecule has 3 rings (SSSR count). The lowest BCUT2D eigenvalue weighted by Crippen LogP contribution is -2.05. The first-order valence-corrected chi connectivity index (χ1v) is 6.99. The van der Waals surface area contributed by atoms with Gasteiger partial charge in [-0.05, 0) is 24.1 Å². The van der Waals surface area contributed by atoms with Gasteiger partial charge in [-0.3, -0.25) is 9.67 Å². The fourth-order valence-electron chi connectivity index (χ4n) is 2.23. The van der Waals surface area contributed by atoms with Gasteiger partial charge in [0.15, 0.2) is 0 Å². The molecule has 3 aromatic rings. The van der Waals surface area contributed by atoms with Crippen molar-refractivity contribution in [2.75, 3.05) is 0 Å². The Morgan fingerprint density at radius 2 is 1.90 bits per heavy atom. The summed E-state index contributed by atoms with van der Waals surface area (Å²) >= 11 is 0. The van der Waals surface area contributed by atoms with Crippen LogP contribution in [0.15, 0.2) is 61.2 Å². The fourth-order valence-corrected chi connectivity index (χ4v) is 2.23.